The molecule has 0 unspecified atom stereocenters. The molecule has 5 nitrogen and oxygen atoms in total. The van der Waals surface area contributed by atoms with Crippen LogP contribution in [0.1, 0.15) is 86.7 Å². The Morgan fingerprint density at radius 2 is 1.24 bits per heavy atom. The molecule has 0 aliphatic carbocycles. The summed E-state index contributed by atoms with van der Waals surface area (Å²) in [5.74, 6) is 2.31. The molecule has 6 heteroatoms. The fourth-order valence-electron chi connectivity index (χ4n) is 9.48. The molecular formula is C61H54N4OPt-2. The molecule has 7 aromatic carbocycles. The maximum atomic E-state index is 6.91. The molecule has 0 amide bonds. The van der Waals surface area contributed by atoms with Gasteiger partial charge in [-0.05, 0) is 94.6 Å². The minimum Gasteiger partial charge on any atom is -0.510 e. The molecule has 10 aromatic rings. The van der Waals surface area contributed by atoms with Gasteiger partial charge in [-0.25, -0.2) is 4.98 Å². The van der Waals surface area contributed by atoms with Crippen LogP contribution in [0.3, 0.4) is 0 Å². The first-order valence-corrected chi connectivity index (χ1v) is 22.9. The first-order chi connectivity index (χ1) is 31.9. The zero-order valence-corrected chi connectivity index (χ0v) is 41.6. The third-order valence-corrected chi connectivity index (χ3v) is 13.6. The predicted octanol–water partition coefficient (Wildman–Crippen LogP) is 14.5. The SMILES string of the molecule is Cc1c(C)[n+](-c2cccc(C(C)(C)c3ccccc3)c2)[c-]n1-c1[c-]c(Oc2[c-]c3c(cc2)c2ccccc2n3-c2cc(C(C)(C)c3ccccc3)ccn2)cc(-c2ccccc2C(C)C)c1.[Pt]. The Labute approximate surface area is 409 Å². The minimum atomic E-state index is -0.237. The smallest absolute Gasteiger partial charge is 0.267 e. The number of hydrogen-bond donors (Lipinski definition) is 0. The van der Waals surface area contributed by atoms with E-state index in [1.54, 1.807) is 0 Å². The van der Waals surface area contributed by atoms with E-state index in [2.05, 4.69) is 251 Å². The molecular weight excluding hydrogens is 1000 g/mol. The van der Waals surface area contributed by atoms with Crippen molar-refractivity contribution in [3.05, 3.63) is 234 Å². The third kappa shape index (κ3) is 8.36. The fraction of sp³-hybridized carbons (Fsp3) is 0.180. The molecule has 0 aliphatic heterocycles. The van der Waals surface area contributed by atoms with E-state index in [0.29, 0.717) is 17.4 Å². The molecule has 0 saturated heterocycles. The summed E-state index contributed by atoms with van der Waals surface area (Å²) in [6, 6.07) is 67.5. The van der Waals surface area contributed by atoms with Crippen molar-refractivity contribution in [3.8, 4) is 39.8 Å². The van der Waals surface area contributed by atoms with Crippen LogP contribution < -0.4 is 9.30 Å². The Balaban J connectivity index is 0.00000562. The standard InChI is InChI=1S/C61H54N4O.Pt/c1-41(2)53-26-15-16-27-54(53)44-34-50(64-40-63(42(3)43(64)4)49-25-19-24-47(36-49)60(5,6)45-20-11-9-12-21-45)38-52(35-44)66-51-30-31-56-55-28-17-18-29-57(55)65(58(56)39-51)59-37-48(32-33-62-59)61(7,8)46-22-13-10-14-23-46;/h9-37,41H,1-8H3;/q-2;. The van der Waals surface area contributed by atoms with Gasteiger partial charge in [0.2, 0.25) is 0 Å². The van der Waals surface area contributed by atoms with Crippen LogP contribution in [0, 0.1) is 32.3 Å². The van der Waals surface area contributed by atoms with Gasteiger partial charge in [-0.2, -0.15) is 12.1 Å². The molecule has 0 aliphatic rings. The van der Waals surface area contributed by atoms with Gasteiger partial charge in [-0.15, -0.1) is 35.2 Å². The normalized spacial score (nSPS) is 11.9. The number of hydrogen-bond acceptors (Lipinski definition) is 2. The zero-order valence-electron chi connectivity index (χ0n) is 39.3. The maximum Gasteiger partial charge on any atom is 0.267 e. The minimum absolute atomic E-state index is 0. The number of pyridine rings is 1. The molecule has 3 aromatic heterocycles. The van der Waals surface area contributed by atoms with Crippen molar-refractivity contribution in [2.75, 3.05) is 0 Å². The van der Waals surface area contributed by atoms with Crippen molar-refractivity contribution >= 4 is 21.8 Å². The van der Waals surface area contributed by atoms with Crippen molar-refractivity contribution in [1.82, 2.24) is 14.1 Å². The summed E-state index contributed by atoms with van der Waals surface area (Å²) < 4.78 is 13.4. The molecule has 0 atom stereocenters. The predicted molar refractivity (Wildman–Crippen MR) is 269 cm³/mol. The van der Waals surface area contributed by atoms with Crippen molar-refractivity contribution in [3.63, 3.8) is 0 Å². The number of para-hydroxylation sites is 1. The van der Waals surface area contributed by atoms with Crippen LogP contribution in [-0.4, -0.2) is 14.1 Å². The topological polar surface area (TPSA) is 35.9 Å². The number of rotatable bonds is 11. The van der Waals surface area contributed by atoms with Gasteiger partial charge < -0.3 is 13.9 Å². The number of ether oxygens (including phenoxy) is 1. The molecule has 0 N–H and O–H groups in total. The van der Waals surface area contributed by atoms with Crippen LogP contribution in [0.5, 0.6) is 11.5 Å². The molecule has 3 heterocycles. The van der Waals surface area contributed by atoms with E-state index in [9.17, 15) is 0 Å². The van der Waals surface area contributed by atoms with Crippen LogP contribution in [0.25, 0.3) is 50.1 Å². The number of nitrogens with zero attached hydrogens (tertiary/aromatic N) is 4. The number of imidazole rings is 1. The average molecular weight is 1050 g/mol. The molecule has 0 spiro atoms. The van der Waals surface area contributed by atoms with Gasteiger partial charge in [-0.3, -0.25) is 4.57 Å². The molecule has 0 bridgehead atoms. The Kier molecular flexibility index (Phi) is 12.3. The van der Waals surface area contributed by atoms with E-state index in [4.69, 9.17) is 9.72 Å². The summed E-state index contributed by atoms with van der Waals surface area (Å²) in [4.78, 5) is 4.97. The van der Waals surface area contributed by atoms with E-state index in [1.807, 2.05) is 12.3 Å². The second-order valence-electron chi connectivity index (χ2n) is 18.8. The summed E-state index contributed by atoms with van der Waals surface area (Å²) in [5.41, 5.74) is 13.9. The largest absolute Gasteiger partial charge is 0.510 e. The van der Waals surface area contributed by atoms with Gasteiger partial charge in [0, 0.05) is 60.8 Å². The van der Waals surface area contributed by atoms with Gasteiger partial charge in [0.15, 0.2) is 0 Å². The summed E-state index contributed by atoms with van der Waals surface area (Å²) >= 11 is 0. The summed E-state index contributed by atoms with van der Waals surface area (Å²) in [7, 11) is 0. The Hall–Kier alpha value is -6.81. The van der Waals surface area contributed by atoms with Gasteiger partial charge in [0.05, 0.1) is 11.4 Å². The van der Waals surface area contributed by atoms with Crippen LogP contribution in [-0.2, 0) is 31.9 Å². The summed E-state index contributed by atoms with van der Waals surface area (Å²) in [6.45, 7) is 17.9. The molecule has 336 valence electrons. The Morgan fingerprint density at radius 3 is 1.96 bits per heavy atom. The Bertz CT molecular complexity index is 3400. The van der Waals surface area contributed by atoms with E-state index in [-0.39, 0.29) is 31.9 Å². The van der Waals surface area contributed by atoms with Crippen molar-refractivity contribution in [2.24, 2.45) is 0 Å². The zero-order chi connectivity index (χ0) is 45.7. The first kappa shape index (κ1) is 45.3. The van der Waals surface area contributed by atoms with Gasteiger partial charge in [0.1, 0.15) is 5.82 Å². The fourth-order valence-corrected chi connectivity index (χ4v) is 9.48. The van der Waals surface area contributed by atoms with Crippen LogP contribution >= 0.6 is 0 Å². The van der Waals surface area contributed by atoms with E-state index < -0.39 is 0 Å². The number of benzene rings is 7. The Morgan fingerprint density at radius 1 is 0.597 bits per heavy atom. The van der Waals surface area contributed by atoms with E-state index >= 15 is 0 Å². The van der Waals surface area contributed by atoms with Crippen molar-refractivity contribution < 1.29 is 30.4 Å². The first-order valence-electron chi connectivity index (χ1n) is 22.9. The third-order valence-electron chi connectivity index (χ3n) is 13.6. The van der Waals surface area contributed by atoms with Crippen LogP contribution in [0.15, 0.2) is 176 Å². The van der Waals surface area contributed by atoms with Gasteiger partial charge in [-0.1, -0.05) is 162 Å². The second kappa shape index (κ2) is 18.1. The summed E-state index contributed by atoms with van der Waals surface area (Å²) in [5, 5.41) is 2.20. The number of fused-ring (bicyclic) bond motifs is 3. The molecule has 0 fully saturated rings. The van der Waals surface area contributed by atoms with Crippen LogP contribution in [0.4, 0.5) is 0 Å². The van der Waals surface area contributed by atoms with Gasteiger partial charge in [0.25, 0.3) is 6.33 Å². The van der Waals surface area contributed by atoms with Crippen molar-refractivity contribution in [2.45, 2.75) is 72.1 Å². The maximum absolute atomic E-state index is 6.91. The number of aromatic nitrogens is 4. The molecule has 10 rings (SSSR count). The molecule has 0 saturated carbocycles. The second-order valence-corrected chi connectivity index (χ2v) is 18.8. The molecule has 67 heavy (non-hydrogen) atoms. The quantitative estimate of drug-likeness (QED) is 0.0956. The average Bonchev–Trinajstić information content (AvgIpc) is 3.84. The summed E-state index contributed by atoms with van der Waals surface area (Å²) in [6.07, 6.45) is 5.64. The van der Waals surface area contributed by atoms with Crippen molar-refractivity contribution in [1.29, 1.82) is 0 Å². The van der Waals surface area contributed by atoms with Crippen LogP contribution in [0.2, 0.25) is 0 Å². The molecule has 0 radical (unpaired) electrons. The van der Waals surface area contributed by atoms with E-state index in [1.165, 1.54) is 27.8 Å². The van der Waals surface area contributed by atoms with Gasteiger partial charge >= 0.3 is 0 Å². The monoisotopic (exact) mass is 1050 g/mol. The van der Waals surface area contributed by atoms with E-state index in [0.717, 1.165) is 61.5 Å².